The number of nitrogens with one attached hydrogen (secondary N) is 1. The molecule has 0 aliphatic rings. The number of anilines is 2. The average Bonchev–Trinajstić information content (AvgIpc) is 3.03. The van der Waals surface area contributed by atoms with Crippen molar-refractivity contribution in [2.45, 2.75) is 20.4 Å². The second kappa shape index (κ2) is 9.79. The van der Waals surface area contributed by atoms with Gasteiger partial charge in [0.2, 0.25) is 0 Å². The lowest BCUT2D eigenvalue weighted by Gasteiger charge is -2.17. The van der Waals surface area contributed by atoms with Crippen molar-refractivity contribution < 1.29 is 28.8 Å². The summed E-state index contributed by atoms with van der Waals surface area (Å²) in [7, 11) is 2.95. The summed E-state index contributed by atoms with van der Waals surface area (Å²) in [5, 5.41) is 17.1. The quantitative estimate of drug-likeness (QED) is 0.574. The molecule has 1 aromatic carbocycles. The van der Waals surface area contributed by atoms with Gasteiger partial charge >= 0.3 is 5.97 Å². The fraction of sp³-hybridized carbons (Fsp3) is 0.444. The summed E-state index contributed by atoms with van der Waals surface area (Å²) in [4.78, 5) is 11.9. The molecule has 0 saturated heterocycles. The van der Waals surface area contributed by atoms with E-state index in [9.17, 15) is 9.90 Å². The van der Waals surface area contributed by atoms with Crippen molar-refractivity contribution in [1.82, 2.24) is 9.78 Å². The van der Waals surface area contributed by atoms with Gasteiger partial charge in [0.25, 0.3) is 0 Å². The summed E-state index contributed by atoms with van der Waals surface area (Å²) in [5.41, 5.74) is 0.279. The summed E-state index contributed by atoms with van der Waals surface area (Å²) < 4.78 is 22.5. The Balaban J connectivity index is 2.45. The van der Waals surface area contributed by atoms with Gasteiger partial charge in [0, 0.05) is 39.0 Å². The van der Waals surface area contributed by atoms with Crippen LogP contribution in [0.2, 0.25) is 0 Å². The predicted octanol–water partition coefficient (Wildman–Crippen LogP) is 2.95. The third kappa shape index (κ3) is 5.60. The maximum absolute atomic E-state index is 11.9. The highest BCUT2D eigenvalue weighted by molar-refractivity contribution is 5.98. The van der Waals surface area contributed by atoms with E-state index in [2.05, 4.69) is 24.3 Å². The molecule has 0 saturated carbocycles. The monoisotopic (exact) mass is 379 g/mol. The Kier molecular flexibility index (Phi) is 7.44. The lowest BCUT2D eigenvalue weighted by molar-refractivity contribution is 0.0447. The fourth-order valence-electron chi connectivity index (χ4n) is 2.42. The highest BCUT2D eigenvalue weighted by Crippen LogP contribution is 2.34. The second-order valence-corrected chi connectivity index (χ2v) is 6.17. The van der Waals surface area contributed by atoms with Crippen molar-refractivity contribution in [3.8, 4) is 11.5 Å². The maximum atomic E-state index is 11.9. The zero-order valence-electron chi connectivity index (χ0n) is 15.9. The first kappa shape index (κ1) is 20.5. The maximum Gasteiger partial charge on any atom is 0.341 e. The first-order valence-corrected chi connectivity index (χ1v) is 8.39. The smallest absolute Gasteiger partial charge is 0.341 e. The molecule has 2 aromatic rings. The molecule has 1 heterocycles. The SMILES string of the molecule is COCOc1cc(Nc2ccnn2CC(C)C)c(C(=O)O)c(OCOC)c1. The third-order valence-corrected chi connectivity index (χ3v) is 3.48. The van der Waals surface area contributed by atoms with Gasteiger partial charge in [0.1, 0.15) is 22.9 Å². The summed E-state index contributed by atoms with van der Waals surface area (Å²) in [5.74, 6) is 0.409. The van der Waals surface area contributed by atoms with Crippen molar-refractivity contribution in [2.75, 3.05) is 33.1 Å². The van der Waals surface area contributed by atoms with Crippen LogP contribution in [0, 0.1) is 5.92 Å². The minimum Gasteiger partial charge on any atom is -0.477 e. The summed E-state index contributed by atoms with van der Waals surface area (Å²) in [6.07, 6.45) is 1.65. The molecule has 27 heavy (non-hydrogen) atoms. The second-order valence-electron chi connectivity index (χ2n) is 6.17. The highest BCUT2D eigenvalue weighted by Gasteiger charge is 2.21. The molecule has 0 aliphatic carbocycles. The van der Waals surface area contributed by atoms with Gasteiger partial charge in [-0.1, -0.05) is 13.8 Å². The number of carboxylic acid groups (broad SMARTS) is 1. The Morgan fingerprint density at radius 2 is 1.93 bits per heavy atom. The minimum atomic E-state index is -1.14. The van der Waals surface area contributed by atoms with E-state index in [0.717, 1.165) is 0 Å². The first-order valence-electron chi connectivity index (χ1n) is 8.39. The standard InChI is InChI=1S/C18H25N3O6/c1-12(2)9-21-16(5-6-19-21)20-14-7-13(26-10-24-3)8-15(27-11-25-4)17(14)18(22)23/h5-8,12,20H,9-11H2,1-4H3,(H,22,23). The normalized spacial score (nSPS) is 10.9. The molecule has 0 radical (unpaired) electrons. The summed E-state index contributed by atoms with van der Waals surface area (Å²) in [6, 6.07) is 4.83. The number of aromatic nitrogens is 2. The Bertz CT molecular complexity index is 760. The van der Waals surface area contributed by atoms with Crippen LogP contribution in [0.3, 0.4) is 0 Å². The number of carboxylic acids is 1. The number of methoxy groups -OCH3 is 2. The van der Waals surface area contributed by atoms with Gasteiger partial charge < -0.3 is 29.4 Å². The van der Waals surface area contributed by atoms with Crippen LogP contribution in [0.4, 0.5) is 11.5 Å². The molecule has 148 valence electrons. The number of aromatic carboxylic acids is 1. The Hall–Kier alpha value is -2.78. The average molecular weight is 379 g/mol. The van der Waals surface area contributed by atoms with E-state index >= 15 is 0 Å². The molecule has 2 N–H and O–H groups in total. The van der Waals surface area contributed by atoms with E-state index < -0.39 is 5.97 Å². The molecule has 0 fully saturated rings. The van der Waals surface area contributed by atoms with Gasteiger partial charge in [0.15, 0.2) is 13.6 Å². The van der Waals surface area contributed by atoms with Crippen molar-refractivity contribution in [3.63, 3.8) is 0 Å². The van der Waals surface area contributed by atoms with Gasteiger partial charge in [-0.3, -0.25) is 0 Å². The molecule has 0 spiro atoms. The van der Waals surface area contributed by atoms with E-state index in [-0.39, 0.29) is 24.9 Å². The molecule has 9 heteroatoms. The number of hydrogen-bond acceptors (Lipinski definition) is 7. The lowest BCUT2D eigenvalue weighted by atomic mass is 10.1. The lowest BCUT2D eigenvalue weighted by Crippen LogP contribution is -2.13. The topological polar surface area (TPSA) is 104 Å². The molecule has 2 rings (SSSR count). The number of carbonyl (C=O) groups is 1. The molecule has 0 amide bonds. The zero-order chi connectivity index (χ0) is 19.8. The molecular weight excluding hydrogens is 354 g/mol. The molecule has 0 atom stereocenters. The largest absolute Gasteiger partial charge is 0.477 e. The van der Waals surface area contributed by atoms with Crippen LogP contribution >= 0.6 is 0 Å². The third-order valence-electron chi connectivity index (χ3n) is 3.48. The Morgan fingerprint density at radius 3 is 2.56 bits per heavy atom. The van der Waals surface area contributed by atoms with Crippen LogP contribution in [-0.2, 0) is 16.0 Å². The van der Waals surface area contributed by atoms with Crippen molar-refractivity contribution >= 4 is 17.5 Å². The van der Waals surface area contributed by atoms with Crippen LogP contribution in [0.1, 0.15) is 24.2 Å². The number of hydrogen-bond donors (Lipinski definition) is 2. The minimum absolute atomic E-state index is 0.0147. The predicted molar refractivity (Wildman–Crippen MR) is 98.8 cm³/mol. The van der Waals surface area contributed by atoms with Crippen LogP contribution in [0.5, 0.6) is 11.5 Å². The number of ether oxygens (including phenoxy) is 4. The summed E-state index contributed by atoms with van der Waals surface area (Å²) >= 11 is 0. The fourth-order valence-corrected chi connectivity index (χ4v) is 2.42. The molecule has 9 nitrogen and oxygen atoms in total. The van der Waals surface area contributed by atoms with Gasteiger partial charge in [0.05, 0.1) is 11.9 Å². The van der Waals surface area contributed by atoms with E-state index in [1.165, 1.54) is 20.3 Å². The van der Waals surface area contributed by atoms with Crippen LogP contribution in [0.25, 0.3) is 0 Å². The van der Waals surface area contributed by atoms with Gasteiger partial charge in [-0.05, 0) is 5.92 Å². The van der Waals surface area contributed by atoms with E-state index in [4.69, 9.17) is 18.9 Å². The Morgan fingerprint density at radius 1 is 1.22 bits per heavy atom. The van der Waals surface area contributed by atoms with Gasteiger partial charge in [-0.25, -0.2) is 9.48 Å². The van der Waals surface area contributed by atoms with Crippen LogP contribution < -0.4 is 14.8 Å². The number of benzene rings is 1. The van der Waals surface area contributed by atoms with Crippen molar-refractivity contribution in [2.24, 2.45) is 5.92 Å². The molecular formula is C18H25N3O6. The Labute approximate surface area is 157 Å². The van der Waals surface area contributed by atoms with Crippen molar-refractivity contribution in [1.29, 1.82) is 0 Å². The van der Waals surface area contributed by atoms with E-state index in [1.807, 2.05) is 0 Å². The highest BCUT2D eigenvalue weighted by atomic mass is 16.7. The summed E-state index contributed by atoms with van der Waals surface area (Å²) in [6.45, 7) is 4.75. The van der Waals surface area contributed by atoms with E-state index in [1.54, 1.807) is 23.0 Å². The molecule has 0 aliphatic heterocycles. The first-order chi connectivity index (χ1) is 13.0. The van der Waals surface area contributed by atoms with Gasteiger partial charge in [-0.15, -0.1) is 0 Å². The van der Waals surface area contributed by atoms with Crippen LogP contribution in [-0.4, -0.2) is 48.7 Å². The molecule has 1 aromatic heterocycles. The number of nitrogens with zero attached hydrogens (tertiary/aromatic N) is 2. The molecule has 0 bridgehead atoms. The van der Waals surface area contributed by atoms with Gasteiger partial charge in [-0.2, -0.15) is 5.10 Å². The zero-order valence-corrected chi connectivity index (χ0v) is 15.9. The number of rotatable bonds is 11. The van der Waals surface area contributed by atoms with Crippen molar-refractivity contribution in [3.05, 3.63) is 30.0 Å². The van der Waals surface area contributed by atoms with E-state index in [0.29, 0.717) is 29.7 Å². The molecule has 0 unspecified atom stereocenters. The van der Waals surface area contributed by atoms with Crippen LogP contribution in [0.15, 0.2) is 24.4 Å².